The molecule has 1 atom stereocenters. The van der Waals surface area contributed by atoms with Crippen LogP contribution < -0.4 is 5.32 Å². The zero-order valence-corrected chi connectivity index (χ0v) is 14.3. The van der Waals surface area contributed by atoms with Gasteiger partial charge in [-0.15, -0.1) is 23.1 Å². The first-order valence-electron chi connectivity index (χ1n) is 7.10. The van der Waals surface area contributed by atoms with Crippen molar-refractivity contribution in [1.82, 2.24) is 5.32 Å². The minimum Gasteiger partial charge on any atom is -0.306 e. The number of thioether (sulfide) groups is 1. The van der Waals surface area contributed by atoms with Crippen LogP contribution in [-0.4, -0.2) is 12.8 Å². The lowest BCUT2D eigenvalue weighted by Crippen LogP contribution is -2.23. The molecule has 0 fully saturated rings. The molecule has 2 aromatic rings. The Morgan fingerprint density at radius 3 is 2.60 bits per heavy atom. The monoisotopic (exact) mass is 305 g/mol. The van der Waals surface area contributed by atoms with Gasteiger partial charge in [0.2, 0.25) is 0 Å². The summed E-state index contributed by atoms with van der Waals surface area (Å²) in [4.78, 5) is 4.21. The maximum atomic E-state index is 3.73. The molecule has 1 heterocycles. The Morgan fingerprint density at radius 2 is 2.00 bits per heavy atom. The Balaban J connectivity index is 2.44. The smallest absolute Gasteiger partial charge is 0.0684 e. The van der Waals surface area contributed by atoms with E-state index < -0.39 is 0 Å². The van der Waals surface area contributed by atoms with E-state index in [2.05, 4.69) is 62.7 Å². The molecule has 20 heavy (non-hydrogen) atoms. The van der Waals surface area contributed by atoms with Crippen LogP contribution in [0, 0.1) is 13.8 Å². The van der Waals surface area contributed by atoms with Crippen LogP contribution in [-0.2, 0) is 0 Å². The van der Waals surface area contributed by atoms with Gasteiger partial charge in [0.05, 0.1) is 6.04 Å². The first-order valence-corrected chi connectivity index (χ1v) is 9.14. The summed E-state index contributed by atoms with van der Waals surface area (Å²) in [5.74, 6) is 0. The number of hydrogen-bond acceptors (Lipinski definition) is 3. The second kappa shape index (κ2) is 7.30. The molecule has 1 aromatic carbocycles. The third kappa shape index (κ3) is 3.46. The number of thiophene rings is 1. The molecule has 0 aliphatic heterocycles. The van der Waals surface area contributed by atoms with Crippen LogP contribution in [0.5, 0.6) is 0 Å². The lowest BCUT2D eigenvalue weighted by Gasteiger charge is -2.21. The predicted octanol–water partition coefficient (Wildman–Crippen LogP) is 5.18. The van der Waals surface area contributed by atoms with E-state index in [1.54, 1.807) is 0 Å². The highest BCUT2D eigenvalue weighted by Gasteiger charge is 2.20. The molecule has 1 unspecified atom stereocenters. The maximum absolute atomic E-state index is 3.73. The van der Waals surface area contributed by atoms with Crippen molar-refractivity contribution >= 4 is 23.1 Å². The second-order valence-corrected chi connectivity index (χ2v) is 7.17. The van der Waals surface area contributed by atoms with Gasteiger partial charge in [-0.05, 0) is 56.3 Å². The van der Waals surface area contributed by atoms with Crippen molar-refractivity contribution in [3.8, 4) is 0 Å². The molecule has 1 nitrogen and oxygen atoms in total. The van der Waals surface area contributed by atoms with Gasteiger partial charge in [-0.1, -0.05) is 25.1 Å². The summed E-state index contributed by atoms with van der Waals surface area (Å²) in [6, 6.07) is 11.4. The van der Waals surface area contributed by atoms with Crippen LogP contribution in [0.1, 0.15) is 40.3 Å². The number of rotatable bonds is 6. The molecule has 0 amide bonds. The summed E-state index contributed by atoms with van der Waals surface area (Å²) in [5, 5.41) is 3.73. The van der Waals surface area contributed by atoms with E-state index in [1.165, 1.54) is 25.8 Å². The summed E-state index contributed by atoms with van der Waals surface area (Å²) < 4.78 is 0. The van der Waals surface area contributed by atoms with Gasteiger partial charge in [0.25, 0.3) is 0 Å². The van der Waals surface area contributed by atoms with Crippen molar-refractivity contribution in [1.29, 1.82) is 0 Å². The first-order chi connectivity index (χ1) is 9.67. The molecule has 0 aliphatic carbocycles. The van der Waals surface area contributed by atoms with Gasteiger partial charge in [0, 0.05) is 14.6 Å². The predicted molar refractivity (Wildman–Crippen MR) is 92.2 cm³/mol. The fourth-order valence-corrected chi connectivity index (χ4v) is 4.25. The van der Waals surface area contributed by atoms with Crippen molar-refractivity contribution < 1.29 is 0 Å². The van der Waals surface area contributed by atoms with E-state index in [-0.39, 0.29) is 0 Å². The van der Waals surface area contributed by atoms with E-state index >= 15 is 0 Å². The molecule has 3 heteroatoms. The molecular weight excluding hydrogens is 282 g/mol. The quantitative estimate of drug-likeness (QED) is 0.738. The van der Waals surface area contributed by atoms with Gasteiger partial charge in [-0.3, -0.25) is 0 Å². The summed E-state index contributed by atoms with van der Waals surface area (Å²) in [6.07, 6.45) is 3.31. The highest BCUT2D eigenvalue weighted by Crippen LogP contribution is 2.35. The van der Waals surface area contributed by atoms with Crippen molar-refractivity contribution in [2.75, 3.05) is 12.8 Å². The number of aryl methyl sites for hydroxylation is 2. The average molecular weight is 306 g/mol. The van der Waals surface area contributed by atoms with E-state index in [0.29, 0.717) is 6.04 Å². The van der Waals surface area contributed by atoms with Crippen molar-refractivity contribution in [2.45, 2.75) is 38.1 Å². The largest absolute Gasteiger partial charge is 0.306 e. The highest BCUT2D eigenvalue weighted by molar-refractivity contribution is 7.98. The van der Waals surface area contributed by atoms with Gasteiger partial charge >= 0.3 is 0 Å². The van der Waals surface area contributed by atoms with Gasteiger partial charge < -0.3 is 5.32 Å². The number of benzene rings is 1. The lowest BCUT2D eigenvalue weighted by atomic mass is 10.0. The maximum Gasteiger partial charge on any atom is 0.0684 e. The minimum atomic E-state index is 0.317. The van der Waals surface area contributed by atoms with Gasteiger partial charge in [0.1, 0.15) is 0 Å². The highest BCUT2D eigenvalue weighted by atomic mass is 32.2. The average Bonchev–Trinajstić information content (AvgIpc) is 2.79. The standard InChI is InChI=1S/C17H23NS2/c1-5-10-18-16(17-12(2)11-13(3)20-17)14-8-6-7-9-15(14)19-4/h6-9,11,16,18H,5,10H2,1-4H3. The summed E-state index contributed by atoms with van der Waals surface area (Å²) >= 11 is 3.74. The molecule has 1 aromatic heterocycles. The van der Waals surface area contributed by atoms with Crippen LogP contribution in [0.25, 0.3) is 0 Å². The molecule has 108 valence electrons. The fraction of sp³-hybridized carbons (Fsp3) is 0.412. The lowest BCUT2D eigenvalue weighted by molar-refractivity contribution is 0.597. The van der Waals surface area contributed by atoms with Crippen LogP contribution >= 0.6 is 23.1 Å². The third-order valence-corrected chi connectivity index (χ3v) is 5.42. The van der Waals surface area contributed by atoms with Crippen molar-refractivity contribution in [3.05, 3.63) is 51.2 Å². The summed E-state index contributed by atoms with van der Waals surface area (Å²) in [7, 11) is 0. The van der Waals surface area contributed by atoms with Gasteiger partial charge in [0.15, 0.2) is 0 Å². The first kappa shape index (κ1) is 15.6. The number of nitrogens with one attached hydrogen (secondary N) is 1. The zero-order valence-electron chi connectivity index (χ0n) is 12.7. The van der Waals surface area contributed by atoms with Gasteiger partial charge in [-0.2, -0.15) is 0 Å². The molecule has 0 spiro atoms. The van der Waals surface area contributed by atoms with E-state index in [9.17, 15) is 0 Å². The van der Waals surface area contributed by atoms with E-state index in [1.807, 2.05) is 23.1 Å². The van der Waals surface area contributed by atoms with Crippen LogP contribution in [0.2, 0.25) is 0 Å². The number of hydrogen-bond donors (Lipinski definition) is 1. The molecule has 2 rings (SSSR count). The molecule has 0 radical (unpaired) electrons. The molecule has 0 bridgehead atoms. The molecular formula is C17H23NS2. The molecule has 0 aliphatic rings. The van der Waals surface area contributed by atoms with E-state index in [0.717, 1.165) is 13.0 Å². The van der Waals surface area contributed by atoms with Crippen LogP contribution in [0.3, 0.4) is 0 Å². The minimum absolute atomic E-state index is 0.317. The van der Waals surface area contributed by atoms with Crippen molar-refractivity contribution in [3.63, 3.8) is 0 Å². The topological polar surface area (TPSA) is 12.0 Å². The van der Waals surface area contributed by atoms with E-state index in [4.69, 9.17) is 0 Å². The van der Waals surface area contributed by atoms with Gasteiger partial charge in [-0.25, -0.2) is 0 Å². The molecule has 1 N–H and O–H groups in total. The SMILES string of the molecule is CCCNC(c1ccccc1SC)c1sc(C)cc1C. The Kier molecular flexibility index (Phi) is 5.70. The zero-order chi connectivity index (χ0) is 14.5. The summed E-state index contributed by atoms with van der Waals surface area (Å²) in [6.45, 7) is 7.68. The normalized spacial score (nSPS) is 12.6. The molecule has 0 saturated heterocycles. The Bertz CT molecular complexity index is 560. The summed E-state index contributed by atoms with van der Waals surface area (Å²) in [5.41, 5.74) is 2.80. The second-order valence-electron chi connectivity index (χ2n) is 5.03. The Morgan fingerprint density at radius 1 is 1.25 bits per heavy atom. The Hall–Kier alpha value is -0.770. The molecule has 0 saturated carbocycles. The van der Waals surface area contributed by atoms with Crippen LogP contribution in [0.15, 0.2) is 35.2 Å². The Labute approximate surface area is 130 Å². The third-order valence-electron chi connectivity index (χ3n) is 3.39. The fourth-order valence-electron chi connectivity index (χ4n) is 2.48. The van der Waals surface area contributed by atoms with Crippen LogP contribution in [0.4, 0.5) is 0 Å². The van der Waals surface area contributed by atoms with Crippen molar-refractivity contribution in [2.24, 2.45) is 0 Å².